The molecule has 0 radical (unpaired) electrons. The molecule has 1 heterocycles. The maximum atomic E-state index is 11.7. The van der Waals surface area contributed by atoms with Crippen molar-refractivity contribution in [2.75, 3.05) is 0 Å². The molecule has 5 heteroatoms. The average Bonchev–Trinajstić information content (AvgIpc) is 2.85. The molecule has 18 heavy (non-hydrogen) atoms. The van der Waals surface area contributed by atoms with Gasteiger partial charge in [0.15, 0.2) is 5.76 Å². The Morgan fingerprint density at radius 2 is 2.11 bits per heavy atom. The third-order valence-corrected chi connectivity index (χ3v) is 3.30. The van der Waals surface area contributed by atoms with Crippen LogP contribution in [0.5, 0.6) is 5.75 Å². The second-order valence-electron chi connectivity index (χ2n) is 3.50. The van der Waals surface area contributed by atoms with Gasteiger partial charge in [-0.3, -0.25) is 4.79 Å². The van der Waals surface area contributed by atoms with Crippen molar-refractivity contribution < 1.29 is 14.3 Å². The van der Waals surface area contributed by atoms with Crippen LogP contribution in [0.1, 0.15) is 16.1 Å². The first-order valence-corrected chi connectivity index (χ1v) is 6.60. The molecule has 1 aromatic carbocycles. The highest BCUT2D eigenvalue weighted by Gasteiger charge is 2.07. The average molecular weight is 372 g/mol. The van der Waals surface area contributed by atoms with E-state index in [1.165, 1.54) is 18.4 Å². The van der Waals surface area contributed by atoms with Crippen molar-refractivity contribution in [3.8, 4) is 5.75 Å². The van der Waals surface area contributed by atoms with E-state index in [1.807, 2.05) is 0 Å². The number of benzene rings is 1. The second-order valence-corrected chi connectivity index (χ2v) is 5.27. The fraction of sp³-hybridized carbons (Fsp3) is 0. The maximum absolute atomic E-state index is 11.7. The van der Waals surface area contributed by atoms with Crippen molar-refractivity contribution in [2.24, 2.45) is 0 Å². The lowest BCUT2D eigenvalue weighted by molar-refractivity contribution is 0.102. The summed E-state index contributed by atoms with van der Waals surface area (Å²) in [7, 11) is 0. The first-order valence-electron chi connectivity index (χ1n) is 5.02. The molecule has 92 valence electrons. The number of ketones is 1. The molecule has 2 aromatic rings. The van der Waals surface area contributed by atoms with Gasteiger partial charge in [-0.15, -0.1) is 0 Å². The number of halogens is 2. The molecule has 1 N–H and O–H groups in total. The molecule has 3 nitrogen and oxygen atoms in total. The summed E-state index contributed by atoms with van der Waals surface area (Å²) >= 11 is 6.54. The quantitative estimate of drug-likeness (QED) is 0.642. The molecule has 0 aliphatic heterocycles. The lowest BCUT2D eigenvalue weighted by atomic mass is 10.1. The second kappa shape index (κ2) is 5.54. The number of hydrogen-bond donors (Lipinski definition) is 1. The van der Waals surface area contributed by atoms with E-state index in [-0.39, 0.29) is 17.3 Å². The minimum atomic E-state index is -0.254. The summed E-state index contributed by atoms with van der Waals surface area (Å²) in [6.45, 7) is 0. The van der Waals surface area contributed by atoms with E-state index < -0.39 is 0 Å². The minimum Gasteiger partial charge on any atom is -0.506 e. The number of hydrogen-bond acceptors (Lipinski definition) is 3. The van der Waals surface area contributed by atoms with E-state index in [2.05, 4.69) is 31.9 Å². The Morgan fingerprint density at radius 3 is 2.78 bits per heavy atom. The van der Waals surface area contributed by atoms with Crippen molar-refractivity contribution in [1.82, 2.24) is 0 Å². The molecule has 1 aromatic heterocycles. The third kappa shape index (κ3) is 2.91. The monoisotopic (exact) mass is 370 g/mol. The van der Waals surface area contributed by atoms with E-state index in [1.54, 1.807) is 24.3 Å². The molecule has 0 aliphatic rings. The van der Waals surface area contributed by atoms with Crippen molar-refractivity contribution >= 4 is 43.7 Å². The summed E-state index contributed by atoms with van der Waals surface area (Å²) in [6, 6.07) is 6.67. The number of phenols is 1. The van der Waals surface area contributed by atoms with Crippen LogP contribution in [-0.4, -0.2) is 10.9 Å². The van der Waals surface area contributed by atoms with Crippen LogP contribution in [-0.2, 0) is 0 Å². The standard InChI is InChI=1S/C13H8Br2O3/c14-9-6-8(13(17)10(15)7-9)3-4-11(16)12-2-1-5-18-12/h1-7,17H/b4-3+. The van der Waals surface area contributed by atoms with Crippen LogP contribution in [0.15, 0.2) is 50.0 Å². The van der Waals surface area contributed by atoms with Gasteiger partial charge in [0.1, 0.15) is 5.75 Å². The van der Waals surface area contributed by atoms with Gasteiger partial charge in [0.05, 0.1) is 10.7 Å². The van der Waals surface area contributed by atoms with Gasteiger partial charge >= 0.3 is 0 Å². The molecule has 0 aliphatic carbocycles. The molecule has 0 unspecified atom stereocenters. The van der Waals surface area contributed by atoms with Crippen LogP contribution in [0.2, 0.25) is 0 Å². The van der Waals surface area contributed by atoms with Crippen molar-refractivity contribution in [3.63, 3.8) is 0 Å². The molecule has 0 bridgehead atoms. The van der Waals surface area contributed by atoms with Gasteiger partial charge in [0.2, 0.25) is 5.78 Å². The van der Waals surface area contributed by atoms with Crippen LogP contribution < -0.4 is 0 Å². The Labute approximate surface area is 120 Å². The van der Waals surface area contributed by atoms with E-state index in [0.717, 1.165) is 4.47 Å². The Bertz CT molecular complexity index is 601. The fourth-order valence-electron chi connectivity index (χ4n) is 1.38. The maximum Gasteiger partial charge on any atom is 0.221 e. The summed E-state index contributed by atoms with van der Waals surface area (Å²) in [5, 5.41) is 9.81. The summed E-state index contributed by atoms with van der Waals surface area (Å²) in [6.07, 6.45) is 4.33. The van der Waals surface area contributed by atoms with Crippen LogP contribution >= 0.6 is 31.9 Å². The third-order valence-electron chi connectivity index (χ3n) is 2.24. The summed E-state index contributed by atoms with van der Waals surface area (Å²) in [5.41, 5.74) is 0.538. The molecular weight excluding hydrogens is 364 g/mol. The van der Waals surface area contributed by atoms with E-state index in [9.17, 15) is 9.90 Å². The van der Waals surface area contributed by atoms with Crippen molar-refractivity contribution in [2.45, 2.75) is 0 Å². The number of carbonyl (C=O) groups excluding carboxylic acids is 1. The molecule has 0 saturated carbocycles. The zero-order valence-electron chi connectivity index (χ0n) is 9.06. The van der Waals surface area contributed by atoms with Gasteiger partial charge in [-0.2, -0.15) is 0 Å². The highest BCUT2D eigenvalue weighted by atomic mass is 79.9. The molecule has 0 amide bonds. The molecule has 0 saturated heterocycles. The van der Waals surface area contributed by atoms with Gasteiger partial charge in [0, 0.05) is 10.0 Å². The zero-order valence-corrected chi connectivity index (χ0v) is 12.2. The number of aromatic hydroxyl groups is 1. The minimum absolute atomic E-state index is 0.0849. The number of allylic oxidation sites excluding steroid dienone is 1. The molecule has 0 fully saturated rings. The van der Waals surface area contributed by atoms with Gasteiger partial charge in [-0.1, -0.05) is 15.9 Å². The Morgan fingerprint density at radius 1 is 1.33 bits per heavy atom. The van der Waals surface area contributed by atoms with Crippen molar-refractivity contribution in [3.05, 3.63) is 56.9 Å². The first kappa shape index (κ1) is 13.1. The fourth-order valence-corrected chi connectivity index (χ4v) is 2.64. The Kier molecular flexibility index (Phi) is 4.04. The van der Waals surface area contributed by atoms with Crippen LogP contribution in [0.4, 0.5) is 0 Å². The SMILES string of the molecule is O=C(/C=C/c1cc(Br)cc(Br)c1O)c1ccco1. The largest absolute Gasteiger partial charge is 0.506 e. The summed E-state index contributed by atoms with van der Waals surface area (Å²) in [4.78, 5) is 11.7. The Hall–Kier alpha value is -1.33. The number of carbonyl (C=O) groups is 1. The molecule has 0 spiro atoms. The number of phenolic OH excluding ortho intramolecular Hbond substituents is 1. The van der Waals surface area contributed by atoms with E-state index in [0.29, 0.717) is 10.0 Å². The van der Waals surface area contributed by atoms with Crippen LogP contribution in [0.3, 0.4) is 0 Å². The van der Waals surface area contributed by atoms with Crippen LogP contribution in [0.25, 0.3) is 6.08 Å². The van der Waals surface area contributed by atoms with Gasteiger partial charge in [-0.25, -0.2) is 0 Å². The Balaban J connectivity index is 2.27. The van der Waals surface area contributed by atoms with Gasteiger partial charge in [0.25, 0.3) is 0 Å². The zero-order chi connectivity index (χ0) is 13.1. The molecule has 2 rings (SSSR count). The number of rotatable bonds is 3. The lowest BCUT2D eigenvalue weighted by Gasteiger charge is -2.02. The van der Waals surface area contributed by atoms with Gasteiger partial charge in [-0.05, 0) is 52.3 Å². The predicted octanol–water partition coefficient (Wildman–Crippen LogP) is 4.41. The smallest absolute Gasteiger partial charge is 0.221 e. The van der Waals surface area contributed by atoms with Crippen LogP contribution in [0, 0.1) is 0 Å². The molecule has 0 atom stereocenters. The molecular formula is C13H8Br2O3. The van der Waals surface area contributed by atoms with Gasteiger partial charge < -0.3 is 9.52 Å². The highest BCUT2D eigenvalue weighted by molar-refractivity contribution is 9.11. The summed E-state index contributed by atoms with van der Waals surface area (Å²) < 4.78 is 6.34. The topological polar surface area (TPSA) is 50.4 Å². The first-order chi connectivity index (χ1) is 8.58. The highest BCUT2D eigenvalue weighted by Crippen LogP contribution is 2.32. The summed E-state index contributed by atoms with van der Waals surface area (Å²) in [5.74, 6) is 0.0944. The number of furan rings is 1. The normalized spacial score (nSPS) is 11.0. The van der Waals surface area contributed by atoms with E-state index >= 15 is 0 Å². The van der Waals surface area contributed by atoms with E-state index in [4.69, 9.17) is 4.42 Å². The predicted molar refractivity (Wildman–Crippen MR) is 75.6 cm³/mol. The lowest BCUT2D eigenvalue weighted by Crippen LogP contribution is -1.90. The van der Waals surface area contributed by atoms with Crippen molar-refractivity contribution in [1.29, 1.82) is 0 Å².